The zero-order valence-electron chi connectivity index (χ0n) is 22.7. The summed E-state index contributed by atoms with van der Waals surface area (Å²) in [6.45, 7) is 5.13. The van der Waals surface area contributed by atoms with Gasteiger partial charge < -0.3 is 19.5 Å². The second-order valence-corrected chi connectivity index (χ2v) is 9.37. The lowest BCUT2D eigenvalue weighted by atomic mass is 10.0. The summed E-state index contributed by atoms with van der Waals surface area (Å²) in [7, 11) is 5.20. The molecule has 0 aliphatic rings. The Morgan fingerprint density at radius 2 is 1.29 bits per heavy atom. The van der Waals surface area contributed by atoms with Gasteiger partial charge in [0.15, 0.2) is 0 Å². The van der Waals surface area contributed by atoms with Gasteiger partial charge in [-0.25, -0.2) is 14.9 Å². The maximum Gasteiger partial charge on any atom is 0.415 e. The lowest BCUT2D eigenvalue weighted by Crippen LogP contribution is -2.49. The van der Waals surface area contributed by atoms with Crippen molar-refractivity contribution >= 4 is 12.1 Å². The molecule has 0 saturated heterocycles. The van der Waals surface area contributed by atoms with Crippen LogP contribution in [-0.2, 0) is 14.2 Å². The van der Waals surface area contributed by atoms with E-state index in [1.807, 2.05) is 14.1 Å². The molecule has 3 amide bonds. The largest absolute Gasteiger partial charge is 0.446 e. The molecule has 2 unspecified atom stereocenters. The maximum atomic E-state index is 11.7. The van der Waals surface area contributed by atoms with Crippen LogP contribution >= 0.6 is 0 Å². The molecular weight excluding hydrogens is 434 g/mol. The fourth-order valence-corrected chi connectivity index (χ4v) is 3.45. The molecule has 0 spiro atoms. The highest BCUT2D eigenvalue weighted by atomic mass is 16.6. The van der Waals surface area contributed by atoms with Crippen molar-refractivity contribution in [3.8, 4) is 0 Å². The third-order valence-corrected chi connectivity index (χ3v) is 6.01. The van der Waals surface area contributed by atoms with E-state index in [-0.39, 0.29) is 18.9 Å². The molecule has 2 N–H and O–H groups in total. The first-order valence-electron chi connectivity index (χ1n) is 13.4. The Bertz CT molecular complexity index is 491. The number of amides is 3. The van der Waals surface area contributed by atoms with Crippen molar-refractivity contribution in [3.63, 3.8) is 0 Å². The van der Waals surface area contributed by atoms with Gasteiger partial charge in [0.1, 0.15) is 12.7 Å². The van der Waals surface area contributed by atoms with Crippen molar-refractivity contribution in [2.24, 2.45) is 0 Å². The van der Waals surface area contributed by atoms with Gasteiger partial charge in [0, 0.05) is 13.7 Å². The molecule has 8 heteroatoms. The van der Waals surface area contributed by atoms with Gasteiger partial charge in [0.05, 0.1) is 12.8 Å². The quantitative estimate of drug-likeness (QED) is 0.147. The SMILES string of the molecule is CCCCCCCCCCCCCCCCOCC(COC(=O)NC(=O)NC(C)N(C)C)OC. The number of urea groups is 1. The average molecular weight is 488 g/mol. The van der Waals surface area contributed by atoms with Crippen LogP contribution in [0.1, 0.15) is 104 Å². The van der Waals surface area contributed by atoms with E-state index in [9.17, 15) is 9.59 Å². The molecule has 0 saturated carbocycles. The average Bonchev–Trinajstić information content (AvgIpc) is 2.80. The first-order chi connectivity index (χ1) is 16.4. The summed E-state index contributed by atoms with van der Waals surface area (Å²) >= 11 is 0. The lowest BCUT2D eigenvalue weighted by molar-refractivity contribution is -0.0244. The molecular formula is C26H53N3O5. The highest BCUT2D eigenvalue weighted by Crippen LogP contribution is 2.13. The van der Waals surface area contributed by atoms with Gasteiger partial charge in [0.2, 0.25) is 0 Å². The number of nitrogens with zero attached hydrogens (tertiary/aromatic N) is 1. The predicted molar refractivity (Wildman–Crippen MR) is 138 cm³/mol. The Balaban J connectivity index is 3.54. The monoisotopic (exact) mass is 487 g/mol. The topological polar surface area (TPSA) is 89.1 Å². The normalized spacial score (nSPS) is 13.0. The van der Waals surface area contributed by atoms with Crippen LogP contribution in [0.5, 0.6) is 0 Å². The molecule has 0 radical (unpaired) electrons. The second kappa shape index (κ2) is 23.4. The summed E-state index contributed by atoms with van der Waals surface area (Å²) in [6.07, 6.45) is 17.2. The number of methoxy groups -OCH3 is 1. The number of carbonyl (C=O) groups is 2. The van der Waals surface area contributed by atoms with Gasteiger partial charge >= 0.3 is 12.1 Å². The summed E-state index contributed by atoms with van der Waals surface area (Å²) in [5.74, 6) is 0. The van der Waals surface area contributed by atoms with E-state index in [1.165, 1.54) is 83.5 Å². The molecule has 0 aromatic rings. The number of imide groups is 1. The minimum absolute atomic E-state index is 0.0254. The third-order valence-electron chi connectivity index (χ3n) is 6.01. The van der Waals surface area contributed by atoms with Crippen LogP contribution in [0.25, 0.3) is 0 Å². The predicted octanol–water partition coefficient (Wildman–Crippen LogP) is 5.84. The molecule has 0 aromatic carbocycles. The lowest BCUT2D eigenvalue weighted by Gasteiger charge is -2.21. The molecule has 0 heterocycles. The van der Waals surface area contributed by atoms with Crippen molar-refractivity contribution in [1.82, 2.24) is 15.5 Å². The van der Waals surface area contributed by atoms with Crippen molar-refractivity contribution in [2.75, 3.05) is 41.0 Å². The van der Waals surface area contributed by atoms with E-state index in [0.29, 0.717) is 13.2 Å². The van der Waals surface area contributed by atoms with Gasteiger partial charge in [-0.05, 0) is 27.4 Å². The van der Waals surface area contributed by atoms with Crippen LogP contribution in [0.4, 0.5) is 9.59 Å². The highest BCUT2D eigenvalue weighted by Gasteiger charge is 2.15. The van der Waals surface area contributed by atoms with Gasteiger partial charge in [-0.15, -0.1) is 0 Å². The minimum atomic E-state index is -0.808. The summed E-state index contributed by atoms with van der Waals surface area (Å²) in [4.78, 5) is 25.3. The summed E-state index contributed by atoms with van der Waals surface area (Å²) in [5, 5.41) is 4.75. The highest BCUT2D eigenvalue weighted by molar-refractivity contribution is 5.90. The maximum absolute atomic E-state index is 11.7. The fourth-order valence-electron chi connectivity index (χ4n) is 3.45. The number of hydrogen-bond acceptors (Lipinski definition) is 6. The summed E-state index contributed by atoms with van der Waals surface area (Å²) in [6, 6.07) is -0.603. The Morgan fingerprint density at radius 3 is 1.76 bits per heavy atom. The van der Waals surface area contributed by atoms with E-state index in [4.69, 9.17) is 14.2 Å². The number of hydrogen-bond donors (Lipinski definition) is 2. The first-order valence-corrected chi connectivity index (χ1v) is 13.4. The number of alkyl carbamates (subject to hydrolysis) is 1. The van der Waals surface area contributed by atoms with E-state index in [1.54, 1.807) is 18.9 Å². The summed E-state index contributed by atoms with van der Waals surface area (Å²) in [5.41, 5.74) is 0. The smallest absolute Gasteiger partial charge is 0.415 e. The Labute approximate surface area is 208 Å². The molecule has 0 aromatic heterocycles. The number of ether oxygens (including phenoxy) is 3. The fraction of sp³-hybridized carbons (Fsp3) is 0.923. The molecule has 202 valence electrons. The minimum Gasteiger partial charge on any atom is -0.446 e. The number of nitrogens with one attached hydrogen (secondary N) is 2. The third kappa shape index (κ3) is 21.2. The molecule has 0 aliphatic carbocycles. The number of rotatable bonds is 22. The van der Waals surface area contributed by atoms with Crippen LogP contribution in [0.3, 0.4) is 0 Å². The van der Waals surface area contributed by atoms with Crippen LogP contribution in [0.2, 0.25) is 0 Å². The van der Waals surface area contributed by atoms with Gasteiger partial charge in [0.25, 0.3) is 0 Å². The Morgan fingerprint density at radius 1 is 0.794 bits per heavy atom. The second-order valence-electron chi connectivity index (χ2n) is 9.37. The molecule has 0 aliphatic heterocycles. The van der Waals surface area contributed by atoms with E-state index < -0.39 is 12.1 Å². The molecule has 8 nitrogen and oxygen atoms in total. The van der Waals surface area contributed by atoms with Crippen molar-refractivity contribution in [2.45, 2.75) is 116 Å². The molecule has 2 atom stereocenters. The molecule has 0 fully saturated rings. The van der Waals surface area contributed by atoms with E-state index >= 15 is 0 Å². The van der Waals surface area contributed by atoms with Crippen molar-refractivity contribution in [1.29, 1.82) is 0 Å². The first kappa shape index (κ1) is 32.6. The van der Waals surface area contributed by atoms with Gasteiger partial charge in [-0.2, -0.15) is 0 Å². The van der Waals surface area contributed by atoms with E-state index in [0.717, 1.165) is 6.42 Å². The zero-order chi connectivity index (χ0) is 25.4. The molecule has 0 rings (SSSR count). The molecule has 34 heavy (non-hydrogen) atoms. The van der Waals surface area contributed by atoms with Crippen LogP contribution in [-0.4, -0.2) is 70.3 Å². The Hall–Kier alpha value is -1.38. The van der Waals surface area contributed by atoms with E-state index in [2.05, 4.69) is 17.6 Å². The van der Waals surface area contributed by atoms with Crippen LogP contribution in [0, 0.1) is 0 Å². The van der Waals surface area contributed by atoms with Gasteiger partial charge in [-0.3, -0.25) is 4.90 Å². The number of carbonyl (C=O) groups excluding carboxylic acids is 2. The van der Waals surface area contributed by atoms with Crippen molar-refractivity contribution in [3.05, 3.63) is 0 Å². The van der Waals surface area contributed by atoms with Crippen LogP contribution in [0.15, 0.2) is 0 Å². The number of unbranched alkanes of at least 4 members (excludes halogenated alkanes) is 13. The summed E-state index contributed by atoms with van der Waals surface area (Å²) < 4.78 is 16.0. The zero-order valence-corrected chi connectivity index (χ0v) is 22.7. The van der Waals surface area contributed by atoms with Crippen molar-refractivity contribution < 1.29 is 23.8 Å². The van der Waals surface area contributed by atoms with Crippen LogP contribution < -0.4 is 10.6 Å². The standard InChI is InChI=1S/C26H53N3O5/c1-6-7-8-9-10-11-12-13-14-15-16-17-18-19-20-33-21-24(32-5)22-34-26(31)28-25(30)27-23(2)29(3)4/h23-24H,6-22H2,1-5H3,(H2,27,28,30,31). The Kier molecular flexibility index (Phi) is 22.4. The van der Waals surface area contributed by atoms with Gasteiger partial charge in [-0.1, -0.05) is 90.4 Å². The molecule has 0 bridgehead atoms.